The largest absolute Gasteiger partial charge is 0.504 e. The second-order valence-corrected chi connectivity index (χ2v) is 8.58. The third kappa shape index (κ3) is 4.80. The molecule has 0 saturated carbocycles. The Morgan fingerprint density at radius 3 is 2.73 bits per heavy atom. The Morgan fingerprint density at radius 2 is 2.07 bits per heavy atom. The highest BCUT2D eigenvalue weighted by Crippen LogP contribution is 2.37. The first-order chi connectivity index (χ1) is 14.2. The molecule has 0 radical (unpaired) electrons. The van der Waals surface area contributed by atoms with E-state index in [2.05, 4.69) is 21.2 Å². The van der Waals surface area contributed by atoms with Crippen LogP contribution in [0.5, 0.6) is 11.5 Å². The average molecular weight is 512 g/mol. The third-order valence-electron chi connectivity index (χ3n) is 4.22. The molecule has 1 saturated heterocycles. The van der Waals surface area contributed by atoms with Gasteiger partial charge in [0.05, 0.1) is 12.0 Å². The highest BCUT2D eigenvalue weighted by Gasteiger charge is 2.36. The molecule has 0 atom stereocenters. The molecule has 0 unspecified atom stereocenters. The first-order valence-corrected chi connectivity index (χ1v) is 10.6. The maximum atomic E-state index is 12.7. The van der Waals surface area contributed by atoms with E-state index in [1.54, 1.807) is 18.2 Å². The van der Waals surface area contributed by atoms with Crippen LogP contribution in [0.25, 0.3) is 6.08 Å². The average Bonchev–Trinajstić information content (AvgIpc) is 2.94. The summed E-state index contributed by atoms with van der Waals surface area (Å²) in [5.74, 6) is -0.950. The van der Waals surface area contributed by atoms with E-state index in [1.165, 1.54) is 25.3 Å². The number of imide groups is 1. The molecular weight excluding hydrogens is 496 g/mol. The second kappa shape index (κ2) is 9.11. The minimum absolute atomic E-state index is 0.0671. The van der Waals surface area contributed by atoms with Crippen LogP contribution < -0.4 is 10.1 Å². The Balaban J connectivity index is 1.75. The molecule has 3 rings (SSSR count). The molecule has 0 spiro atoms. The summed E-state index contributed by atoms with van der Waals surface area (Å²) in [7, 11) is 1.40. The van der Waals surface area contributed by atoms with Gasteiger partial charge in [0.2, 0.25) is 5.91 Å². The van der Waals surface area contributed by atoms with Gasteiger partial charge < -0.3 is 15.2 Å². The number of ether oxygens (including phenoxy) is 1. The van der Waals surface area contributed by atoms with Crippen molar-refractivity contribution in [2.45, 2.75) is 6.92 Å². The van der Waals surface area contributed by atoms with Crippen LogP contribution in [0, 0.1) is 6.92 Å². The lowest BCUT2D eigenvalue weighted by atomic mass is 10.2. The number of hydrogen-bond donors (Lipinski definition) is 2. The van der Waals surface area contributed by atoms with Crippen LogP contribution in [0.15, 0.2) is 39.7 Å². The molecular formula is C20H16BrClN2O5S. The van der Waals surface area contributed by atoms with Crippen molar-refractivity contribution >= 4 is 68.1 Å². The summed E-state index contributed by atoms with van der Waals surface area (Å²) in [6.07, 6.45) is 1.49. The Labute approximate surface area is 190 Å². The zero-order valence-corrected chi connectivity index (χ0v) is 19.0. The summed E-state index contributed by atoms with van der Waals surface area (Å²) in [5, 5.41) is 12.4. The monoisotopic (exact) mass is 510 g/mol. The van der Waals surface area contributed by atoms with Crippen molar-refractivity contribution in [2.24, 2.45) is 0 Å². The predicted octanol–water partition coefficient (Wildman–Crippen LogP) is 4.80. The van der Waals surface area contributed by atoms with Gasteiger partial charge in [0.1, 0.15) is 6.54 Å². The smallest absolute Gasteiger partial charge is 0.294 e. The molecule has 10 heteroatoms. The number of phenols is 1. The number of phenolic OH excluding ortho intramolecular Hbond substituents is 1. The number of aryl methyl sites for hydroxylation is 1. The van der Waals surface area contributed by atoms with E-state index in [4.69, 9.17) is 16.3 Å². The van der Waals surface area contributed by atoms with E-state index >= 15 is 0 Å². The third-order valence-corrected chi connectivity index (χ3v) is 6.22. The minimum atomic E-state index is -0.582. The molecule has 3 amide bonds. The molecule has 2 aromatic rings. The summed E-state index contributed by atoms with van der Waals surface area (Å²) in [4.78, 5) is 38.3. The predicted molar refractivity (Wildman–Crippen MR) is 120 cm³/mol. The van der Waals surface area contributed by atoms with Gasteiger partial charge in [-0.3, -0.25) is 19.3 Å². The Hall–Kier alpha value is -2.49. The number of anilines is 1. The van der Waals surface area contributed by atoms with Gasteiger partial charge >= 0.3 is 0 Å². The molecule has 0 aliphatic carbocycles. The van der Waals surface area contributed by atoms with Gasteiger partial charge in [0.25, 0.3) is 11.1 Å². The van der Waals surface area contributed by atoms with Crippen LogP contribution in [0.3, 0.4) is 0 Å². The molecule has 30 heavy (non-hydrogen) atoms. The number of amides is 3. The summed E-state index contributed by atoms with van der Waals surface area (Å²) >= 11 is 10.1. The Morgan fingerprint density at radius 1 is 1.33 bits per heavy atom. The number of carbonyl (C=O) groups is 3. The van der Waals surface area contributed by atoms with Gasteiger partial charge in [-0.1, -0.05) is 33.6 Å². The molecule has 156 valence electrons. The van der Waals surface area contributed by atoms with Gasteiger partial charge in [0.15, 0.2) is 11.5 Å². The normalized spacial score (nSPS) is 15.1. The van der Waals surface area contributed by atoms with Crippen molar-refractivity contribution < 1.29 is 24.2 Å². The maximum absolute atomic E-state index is 12.7. The van der Waals surface area contributed by atoms with Crippen LogP contribution in [0.2, 0.25) is 5.02 Å². The number of aromatic hydroxyl groups is 1. The summed E-state index contributed by atoms with van der Waals surface area (Å²) in [6, 6.07) is 7.99. The van der Waals surface area contributed by atoms with Crippen molar-refractivity contribution in [1.29, 1.82) is 0 Å². The van der Waals surface area contributed by atoms with E-state index in [-0.39, 0.29) is 16.4 Å². The number of nitrogens with zero attached hydrogens (tertiary/aromatic N) is 1. The fraction of sp³-hybridized carbons (Fsp3) is 0.150. The van der Waals surface area contributed by atoms with Gasteiger partial charge in [-0.15, -0.1) is 0 Å². The van der Waals surface area contributed by atoms with E-state index in [0.717, 1.165) is 22.2 Å². The molecule has 0 bridgehead atoms. The van der Waals surface area contributed by atoms with Crippen LogP contribution in [-0.4, -0.2) is 40.7 Å². The molecule has 0 aromatic heterocycles. The molecule has 2 aromatic carbocycles. The quantitative estimate of drug-likeness (QED) is 0.560. The first-order valence-electron chi connectivity index (χ1n) is 8.57. The highest BCUT2D eigenvalue weighted by atomic mass is 79.9. The Kier molecular flexibility index (Phi) is 6.74. The lowest BCUT2D eigenvalue weighted by molar-refractivity contribution is -0.127. The minimum Gasteiger partial charge on any atom is -0.504 e. The van der Waals surface area contributed by atoms with Crippen LogP contribution >= 0.6 is 39.3 Å². The van der Waals surface area contributed by atoms with Crippen LogP contribution in [0.4, 0.5) is 10.5 Å². The van der Waals surface area contributed by atoms with Crippen molar-refractivity contribution in [3.63, 3.8) is 0 Å². The molecule has 7 nitrogen and oxygen atoms in total. The van der Waals surface area contributed by atoms with E-state index in [1.807, 2.05) is 6.92 Å². The number of rotatable bonds is 5. The zero-order valence-electron chi connectivity index (χ0n) is 15.9. The summed E-state index contributed by atoms with van der Waals surface area (Å²) in [5.41, 5.74) is 1.87. The first kappa shape index (κ1) is 22.2. The standard InChI is InChI=1S/C20H16BrClN2O5S/c1-10-3-4-12(7-14(10)22)23-18(26)9-24-19(27)17(30-20(24)28)6-11-5-16(29-2)15(25)8-13(11)21/h3-8,25H,9H2,1-2H3,(H,23,26)/b17-6-. The van der Waals surface area contributed by atoms with E-state index in [9.17, 15) is 19.5 Å². The molecule has 1 heterocycles. The highest BCUT2D eigenvalue weighted by molar-refractivity contribution is 9.10. The maximum Gasteiger partial charge on any atom is 0.294 e. The second-order valence-electron chi connectivity index (χ2n) is 6.33. The lowest BCUT2D eigenvalue weighted by Crippen LogP contribution is -2.36. The number of nitrogens with one attached hydrogen (secondary N) is 1. The SMILES string of the molecule is COc1cc(/C=C2\SC(=O)N(CC(=O)Nc3ccc(C)c(Cl)c3)C2=O)c(Br)cc1O. The summed E-state index contributed by atoms with van der Waals surface area (Å²) in [6.45, 7) is 1.41. The van der Waals surface area contributed by atoms with Gasteiger partial charge in [-0.2, -0.15) is 0 Å². The van der Waals surface area contributed by atoms with Crippen molar-refractivity contribution in [3.8, 4) is 11.5 Å². The number of carbonyl (C=O) groups excluding carboxylic acids is 3. The van der Waals surface area contributed by atoms with Crippen molar-refractivity contribution in [2.75, 3.05) is 19.0 Å². The molecule has 1 aliphatic rings. The number of hydrogen-bond acceptors (Lipinski definition) is 6. The number of benzene rings is 2. The van der Waals surface area contributed by atoms with E-state index < -0.39 is 23.6 Å². The number of halogens is 2. The van der Waals surface area contributed by atoms with Crippen LogP contribution in [0.1, 0.15) is 11.1 Å². The number of thioether (sulfide) groups is 1. The molecule has 2 N–H and O–H groups in total. The lowest BCUT2D eigenvalue weighted by Gasteiger charge is -2.13. The summed E-state index contributed by atoms with van der Waals surface area (Å²) < 4.78 is 5.58. The van der Waals surface area contributed by atoms with Gasteiger partial charge in [0, 0.05) is 15.2 Å². The molecule has 1 fully saturated rings. The number of methoxy groups -OCH3 is 1. The molecule has 1 aliphatic heterocycles. The fourth-order valence-electron chi connectivity index (χ4n) is 2.62. The Bertz CT molecular complexity index is 1090. The van der Waals surface area contributed by atoms with Crippen molar-refractivity contribution in [3.05, 3.63) is 55.9 Å². The van der Waals surface area contributed by atoms with E-state index in [0.29, 0.717) is 20.7 Å². The van der Waals surface area contributed by atoms with Gasteiger partial charge in [-0.05, 0) is 60.2 Å². The van der Waals surface area contributed by atoms with Crippen LogP contribution in [-0.2, 0) is 9.59 Å². The zero-order chi connectivity index (χ0) is 22.0. The van der Waals surface area contributed by atoms with Crippen molar-refractivity contribution in [1.82, 2.24) is 4.90 Å². The fourth-order valence-corrected chi connectivity index (χ4v) is 4.08. The topological polar surface area (TPSA) is 95.9 Å². The van der Waals surface area contributed by atoms with Gasteiger partial charge in [-0.25, -0.2) is 0 Å².